The monoisotopic (exact) mass is 260 g/mol. The summed E-state index contributed by atoms with van der Waals surface area (Å²) in [6.45, 7) is 6.59. The predicted molar refractivity (Wildman–Crippen MR) is 77.4 cm³/mol. The van der Waals surface area contributed by atoms with Crippen molar-refractivity contribution < 1.29 is 9.53 Å². The quantitative estimate of drug-likeness (QED) is 0.809. The highest BCUT2D eigenvalue weighted by Gasteiger charge is 2.35. The van der Waals surface area contributed by atoms with Gasteiger partial charge in [0.2, 0.25) is 0 Å². The molecule has 1 aromatic rings. The lowest BCUT2D eigenvalue weighted by Crippen LogP contribution is -2.26. The molecule has 0 saturated heterocycles. The van der Waals surface area contributed by atoms with E-state index in [4.69, 9.17) is 4.74 Å². The largest absolute Gasteiger partial charge is 0.373 e. The van der Waals surface area contributed by atoms with E-state index in [0.717, 1.165) is 18.4 Å². The lowest BCUT2D eigenvalue weighted by Gasteiger charge is -2.19. The van der Waals surface area contributed by atoms with E-state index in [1.807, 2.05) is 0 Å². The van der Waals surface area contributed by atoms with Crippen LogP contribution in [-0.4, -0.2) is 19.0 Å². The molecule has 1 saturated carbocycles. The van der Waals surface area contributed by atoms with Crippen LogP contribution < -0.4 is 0 Å². The molecule has 0 amide bonds. The van der Waals surface area contributed by atoms with Crippen LogP contribution in [-0.2, 0) is 21.4 Å². The summed E-state index contributed by atoms with van der Waals surface area (Å²) in [5.74, 6) is 0.680. The van der Waals surface area contributed by atoms with Gasteiger partial charge in [0.25, 0.3) is 0 Å². The van der Waals surface area contributed by atoms with Gasteiger partial charge in [-0.25, -0.2) is 0 Å². The second kappa shape index (κ2) is 5.46. The lowest BCUT2D eigenvalue weighted by molar-refractivity contribution is -0.129. The molecular formula is C17H24O2. The van der Waals surface area contributed by atoms with Crippen LogP contribution in [0.15, 0.2) is 24.3 Å². The maximum absolute atomic E-state index is 12.2. The molecular weight excluding hydrogens is 236 g/mol. The fourth-order valence-corrected chi connectivity index (χ4v) is 2.41. The number of carbonyl (C=O) groups is 1. The van der Waals surface area contributed by atoms with Gasteiger partial charge in [0.15, 0.2) is 5.78 Å². The van der Waals surface area contributed by atoms with Crippen LogP contribution in [0.1, 0.15) is 44.7 Å². The highest BCUT2D eigenvalue weighted by atomic mass is 16.5. The van der Waals surface area contributed by atoms with Crippen molar-refractivity contribution >= 4 is 5.78 Å². The molecule has 1 aromatic carbocycles. The van der Waals surface area contributed by atoms with Gasteiger partial charge in [-0.1, -0.05) is 45.0 Å². The number of benzene rings is 1. The SMILES string of the molecule is COC(C(=O)Cc1ccc(C(C)(C)C)cc1)C1CC1. The van der Waals surface area contributed by atoms with Crippen LogP contribution in [0.25, 0.3) is 0 Å². The predicted octanol–water partition coefficient (Wildman–Crippen LogP) is 3.52. The topological polar surface area (TPSA) is 26.3 Å². The molecule has 1 aliphatic rings. The van der Waals surface area contributed by atoms with Crippen molar-refractivity contribution in [3.63, 3.8) is 0 Å². The second-order valence-corrected chi connectivity index (χ2v) is 6.58. The highest BCUT2D eigenvalue weighted by molar-refractivity contribution is 5.85. The van der Waals surface area contributed by atoms with E-state index in [-0.39, 0.29) is 17.3 Å². The fraction of sp³-hybridized carbons (Fsp3) is 0.588. The molecule has 1 unspecified atom stereocenters. The molecule has 0 aromatic heterocycles. The number of hydrogen-bond acceptors (Lipinski definition) is 2. The van der Waals surface area contributed by atoms with Gasteiger partial charge in [-0.15, -0.1) is 0 Å². The molecule has 1 fully saturated rings. The van der Waals surface area contributed by atoms with Gasteiger partial charge in [0.05, 0.1) is 0 Å². The number of ether oxygens (including phenoxy) is 1. The molecule has 2 rings (SSSR count). The molecule has 2 heteroatoms. The van der Waals surface area contributed by atoms with E-state index in [1.54, 1.807) is 7.11 Å². The number of rotatable bonds is 5. The molecule has 19 heavy (non-hydrogen) atoms. The molecule has 0 spiro atoms. The minimum atomic E-state index is -0.192. The maximum atomic E-state index is 12.2. The first kappa shape index (κ1) is 14.3. The van der Waals surface area contributed by atoms with Gasteiger partial charge in [-0.05, 0) is 35.3 Å². The summed E-state index contributed by atoms with van der Waals surface area (Å²) in [5, 5.41) is 0. The molecule has 2 nitrogen and oxygen atoms in total. The van der Waals surface area contributed by atoms with Gasteiger partial charge < -0.3 is 4.74 Å². The Hall–Kier alpha value is -1.15. The van der Waals surface area contributed by atoms with Crippen molar-refractivity contribution in [2.45, 2.75) is 51.6 Å². The average molecular weight is 260 g/mol. The first-order valence-corrected chi connectivity index (χ1v) is 7.07. The van der Waals surface area contributed by atoms with E-state index in [1.165, 1.54) is 5.56 Å². The fourth-order valence-electron chi connectivity index (χ4n) is 2.41. The van der Waals surface area contributed by atoms with E-state index in [2.05, 4.69) is 45.0 Å². The zero-order chi connectivity index (χ0) is 14.0. The smallest absolute Gasteiger partial charge is 0.166 e. The minimum Gasteiger partial charge on any atom is -0.373 e. The summed E-state index contributed by atoms with van der Waals surface area (Å²) < 4.78 is 5.34. The number of ketones is 1. The van der Waals surface area contributed by atoms with Gasteiger partial charge in [0, 0.05) is 13.5 Å². The summed E-state index contributed by atoms with van der Waals surface area (Å²) >= 11 is 0. The van der Waals surface area contributed by atoms with Gasteiger partial charge >= 0.3 is 0 Å². The van der Waals surface area contributed by atoms with Crippen molar-refractivity contribution in [2.75, 3.05) is 7.11 Å². The standard InChI is InChI=1S/C17H24O2/c1-17(2,3)14-9-5-12(6-10-14)11-15(18)16(19-4)13-7-8-13/h5-6,9-10,13,16H,7-8,11H2,1-4H3. The van der Waals surface area contributed by atoms with Crippen LogP contribution in [0.5, 0.6) is 0 Å². The van der Waals surface area contributed by atoms with Crippen LogP contribution in [0, 0.1) is 5.92 Å². The lowest BCUT2D eigenvalue weighted by atomic mass is 9.86. The third kappa shape index (κ3) is 3.66. The number of carbonyl (C=O) groups excluding carboxylic acids is 1. The maximum Gasteiger partial charge on any atom is 0.166 e. The molecule has 0 aliphatic heterocycles. The second-order valence-electron chi connectivity index (χ2n) is 6.58. The summed E-state index contributed by atoms with van der Waals surface area (Å²) in [6.07, 6.45) is 2.56. The Morgan fingerprint density at radius 1 is 1.26 bits per heavy atom. The summed E-state index contributed by atoms with van der Waals surface area (Å²) in [7, 11) is 1.64. The zero-order valence-electron chi connectivity index (χ0n) is 12.4. The first-order chi connectivity index (χ1) is 8.91. The van der Waals surface area contributed by atoms with Crippen molar-refractivity contribution in [1.82, 2.24) is 0 Å². The van der Waals surface area contributed by atoms with E-state index >= 15 is 0 Å². The van der Waals surface area contributed by atoms with Crippen molar-refractivity contribution in [1.29, 1.82) is 0 Å². The Kier molecular flexibility index (Phi) is 4.10. The van der Waals surface area contributed by atoms with E-state index in [0.29, 0.717) is 12.3 Å². The Morgan fingerprint density at radius 2 is 1.84 bits per heavy atom. The van der Waals surface area contributed by atoms with Crippen molar-refractivity contribution in [2.24, 2.45) is 5.92 Å². The molecule has 1 atom stereocenters. The van der Waals surface area contributed by atoms with Crippen molar-refractivity contribution in [3.05, 3.63) is 35.4 Å². The van der Waals surface area contributed by atoms with E-state index < -0.39 is 0 Å². The number of Topliss-reactive ketones (excluding diaryl/α,β-unsaturated/α-hetero) is 1. The first-order valence-electron chi connectivity index (χ1n) is 7.07. The Labute approximate surface area is 116 Å². The van der Waals surface area contributed by atoms with Gasteiger partial charge in [0.1, 0.15) is 6.10 Å². The van der Waals surface area contributed by atoms with Crippen LogP contribution in [0.4, 0.5) is 0 Å². The zero-order valence-corrected chi connectivity index (χ0v) is 12.4. The molecule has 0 radical (unpaired) electrons. The molecule has 0 heterocycles. The Bertz CT molecular complexity index is 435. The average Bonchev–Trinajstić information content (AvgIpc) is 3.14. The van der Waals surface area contributed by atoms with Crippen LogP contribution in [0.3, 0.4) is 0 Å². The molecule has 104 valence electrons. The highest BCUT2D eigenvalue weighted by Crippen LogP contribution is 2.35. The Balaban J connectivity index is 2.01. The third-order valence-electron chi connectivity index (χ3n) is 3.82. The van der Waals surface area contributed by atoms with Crippen molar-refractivity contribution in [3.8, 4) is 0 Å². The number of hydrogen-bond donors (Lipinski definition) is 0. The van der Waals surface area contributed by atoms with Crippen LogP contribution >= 0.6 is 0 Å². The number of methoxy groups -OCH3 is 1. The summed E-state index contributed by atoms with van der Waals surface area (Å²) in [5.41, 5.74) is 2.54. The third-order valence-corrected chi connectivity index (χ3v) is 3.82. The molecule has 0 N–H and O–H groups in total. The minimum absolute atomic E-state index is 0.158. The summed E-state index contributed by atoms with van der Waals surface area (Å²) in [6, 6.07) is 8.39. The van der Waals surface area contributed by atoms with Gasteiger partial charge in [-0.3, -0.25) is 4.79 Å². The van der Waals surface area contributed by atoms with Crippen LogP contribution in [0.2, 0.25) is 0 Å². The summed E-state index contributed by atoms with van der Waals surface area (Å²) in [4.78, 5) is 12.2. The molecule has 0 bridgehead atoms. The van der Waals surface area contributed by atoms with E-state index in [9.17, 15) is 4.79 Å². The molecule has 1 aliphatic carbocycles. The normalized spacial score (nSPS) is 17.3. The van der Waals surface area contributed by atoms with Gasteiger partial charge in [-0.2, -0.15) is 0 Å². The Morgan fingerprint density at radius 3 is 2.26 bits per heavy atom.